The number of pyridine rings is 1. The van der Waals surface area contributed by atoms with Gasteiger partial charge >= 0.3 is 0 Å². The van der Waals surface area contributed by atoms with E-state index in [9.17, 15) is 0 Å². The standard InChI is InChI=1S/C12H15BrN4/c1-8-12(13)11(17(2)16-8)4-3-9-7-15-6-5-10(9)14/h5-7H,3-4H2,1-2H3,(H2,14,15). The number of anilines is 1. The van der Waals surface area contributed by atoms with E-state index in [4.69, 9.17) is 5.73 Å². The van der Waals surface area contributed by atoms with E-state index in [1.54, 1.807) is 6.20 Å². The fraction of sp³-hybridized carbons (Fsp3) is 0.333. The topological polar surface area (TPSA) is 56.7 Å². The molecule has 0 spiro atoms. The van der Waals surface area contributed by atoms with Crippen molar-refractivity contribution < 1.29 is 0 Å². The zero-order valence-corrected chi connectivity index (χ0v) is 11.5. The Hall–Kier alpha value is -1.36. The second-order valence-corrected chi connectivity index (χ2v) is 4.84. The molecular weight excluding hydrogens is 280 g/mol. The van der Waals surface area contributed by atoms with Crippen LogP contribution in [0.15, 0.2) is 22.9 Å². The van der Waals surface area contributed by atoms with Gasteiger partial charge < -0.3 is 5.73 Å². The average Bonchev–Trinajstić information content (AvgIpc) is 2.53. The number of hydrogen-bond acceptors (Lipinski definition) is 3. The fourth-order valence-corrected chi connectivity index (χ4v) is 2.39. The second kappa shape index (κ2) is 4.87. The van der Waals surface area contributed by atoms with E-state index in [2.05, 4.69) is 26.0 Å². The van der Waals surface area contributed by atoms with Crippen LogP contribution in [0.3, 0.4) is 0 Å². The Bertz CT molecular complexity index is 533. The van der Waals surface area contributed by atoms with E-state index in [0.29, 0.717) is 0 Å². The Morgan fingerprint density at radius 2 is 2.18 bits per heavy atom. The second-order valence-electron chi connectivity index (χ2n) is 4.04. The minimum atomic E-state index is 0.801. The van der Waals surface area contributed by atoms with Crippen molar-refractivity contribution in [2.75, 3.05) is 5.73 Å². The predicted octanol–water partition coefficient (Wildman–Crippen LogP) is 2.25. The molecule has 0 aliphatic heterocycles. The van der Waals surface area contributed by atoms with Crippen LogP contribution in [0.4, 0.5) is 5.69 Å². The van der Waals surface area contributed by atoms with Gasteiger partial charge in [-0.25, -0.2) is 0 Å². The van der Waals surface area contributed by atoms with Crippen LogP contribution in [0.2, 0.25) is 0 Å². The summed E-state index contributed by atoms with van der Waals surface area (Å²) in [4.78, 5) is 4.09. The van der Waals surface area contributed by atoms with Crippen molar-refractivity contribution in [3.05, 3.63) is 39.9 Å². The Morgan fingerprint density at radius 3 is 2.76 bits per heavy atom. The number of nitrogen functional groups attached to an aromatic ring is 1. The maximum absolute atomic E-state index is 5.89. The molecule has 2 heterocycles. The van der Waals surface area contributed by atoms with Gasteiger partial charge in [-0.15, -0.1) is 0 Å². The molecule has 0 saturated carbocycles. The summed E-state index contributed by atoms with van der Waals surface area (Å²) < 4.78 is 2.99. The molecule has 2 aromatic heterocycles. The van der Waals surface area contributed by atoms with Crippen molar-refractivity contribution in [3.8, 4) is 0 Å². The van der Waals surface area contributed by atoms with E-state index in [1.165, 1.54) is 5.69 Å². The van der Waals surface area contributed by atoms with Crippen LogP contribution in [-0.2, 0) is 19.9 Å². The summed E-state index contributed by atoms with van der Waals surface area (Å²) in [5.41, 5.74) is 9.98. The molecule has 17 heavy (non-hydrogen) atoms. The van der Waals surface area contributed by atoms with Gasteiger partial charge in [0, 0.05) is 25.1 Å². The normalized spacial score (nSPS) is 10.8. The number of halogens is 1. The zero-order valence-electron chi connectivity index (χ0n) is 9.94. The summed E-state index contributed by atoms with van der Waals surface area (Å²) in [6.45, 7) is 1.99. The highest BCUT2D eigenvalue weighted by Crippen LogP contribution is 2.22. The minimum Gasteiger partial charge on any atom is -0.398 e. The van der Waals surface area contributed by atoms with Crippen molar-refractivity contribution in [2.24, 2.45) is 7.05 Å². The molecule has 0 saturated heterocycles. The summed E-state index contributed by atoms with van der Waals surface area (Å²) in [7, 11) is 1.96. The van der Waals surface area contributed by atoms with Crippen molar-refractivity contribution in [1.82, 2.24) is 14.8 Å². The monoisotopic (exact) mass is 294 g/mol. The lowest BCUT2D eigenvalue weighted by Gasteiger charge is -2.05. The fourth-order valence-electron chi connectivity index (χ4n) is 1.85. The molecule has 0 radical (unpaired) electrons. The van der Waals surface area contributed by atoms with E-state index < -0.39 is 0 Å². The number of nitrogens with two attached hydrogens (primary N) is 1. The number of nitrogens with zero attached hydrogens (tertiary/aromatic N) is 3. The number of rotatable bonds is 3. The predicted molar refractivity (Wildman–Crippen MR) is 71.7 cm³/mol. The molecule has 2 aromatic rings. The lowest BCUT2D eigenvalue weighted by atomic mass is 10.1. The van der Waals surface area contributed by atoms with Gasteiger partial charge in [0.2, 0.25) is 0 Å². The highest BCUT2D eigenvalue weighted by Gasteiger charge is 2.11. The molecule has 0 atom stereocenters. The molecule has 0 fully saturated rings. The summed E-state index contributed by atoms with van der Waals surface area (Å²) >= 11 is 3.56. The van der Waals surface area contributed by atoms with Crippen LogP contribution < -0.4 is 5.73 Å². The van der Waals surface area contributed by atoms with Gasteiger partial charge in [0.15, 0.2) is 0 Å². The smallest absolute Gasteiger partial charge is 0.0738 e. The molecule has 0 amide bonds. The van der Waals surface area contributed by atoms with Crippen LogP contribution in [-0.4, -0.2) is 14.8 Å². The molecule has 0 aromatic carbocycles. The number of aryl methyl sites for hydroxylation is 3. The summed E-state index contributed by atoms with van der Waals surface area (Å²) in [6, 6.07) is 1.83. The lowest BCUT2D eigenvalue weighted by Crippen LogP contribution is -2.03. The largest absolute Gasteiger partial charge is 0.398 e. The maximum Gasteiger partial charge on any atom is 0.0738 e. The first kappa shape index (κ1) is 12.1. The SMILES string of the molecule is Cc1nn(C)c(CCc2cnccc2N)c1Br. The quantitative estimate of drug-likeness (QED) is 0.945. The molecule has 2 rings (SSSR count). The maximum atomic E-state index is 5.89. The molecule has 0 bridgehead atoms. The summed E-state index contributed by atoms with van der Waals surface area (Å²) in [5, 5.41) is 4.37. The third-order valence-corrected chi connectivity index (χ3v) is 3.87. The molecule has 90 valence electrons. The van der Waals surface area contributed by atoms with Crippen LogP contribution in [0, 0.1) is 6.92 Å². The highest BCUT2D eigenvalue weighted by atomic mass is 79.9. The highest BCUT2D eigenvalue weighted by molar-refractivity contribution is 9.10. The van der Waals surface area contributed by atoms with Crippen molar-refractivity contribution in [1.29, 1.82) is 0 Å². The van der Waals surface area contributed by atoms with E-state index in [1.807, 2.05) is 30.9 Å². The number of hydrogen-bond donors (Lipinski definition) is 1. The molecular formula is C12H15BrN4. The summed E-state index contributed by atoms with van der Waals surface area (Å²) in [6.07, 6.45) is 5.31. The lowest BCUT2D eigenvalue weighted by molar-refractivity contribution is 0.696. The van der Waals surface area contributed by atoms with Crippen LogP contribution in [0.25, 0.3) is 0 Å². The van der Waals surface area contributed by atoms with Gasteiger partial charge in [-0.2, -0.15) is 5.10 Å². The van der Waals surface area contributed by atoms with Crippen LogP contribution in [0.5, 0.6) is 0 Å². The van der Waals surface area contributed by atoms with Gasteiger partial charge in [-0.05, 0) is 47.3 Å². The van der Waals surface area contributed by atoms with Gasteiger partial charge in [-0.3, -0.25) is 9.67 Å². The van der Waals surface area contributed by atoms with Gasteiger partial charge in [0.25, 0.3) is 0 Å². The Balaban J connectivity index is 2.15. The zero-order chi connectivity index (χ0) is 12.4. The van der Waals surface area contributed by atoms with E-state index in [-0.39, 0.29) is 0 Å². The molecule has 2 N–H and O–H groups in total. The Morgan fingerprint density at radius 1 is 1.41 bits per heavy atom. The van der Waals surface area contributed by atoms with Gasteiger partial charge in [0.05, 0.1) is 15.9 Å². The van der Waals surface area contributed by atoms with Gasteiger partial charge in [-0.1, -0.05) is 0 Å². The van der Waals surface area contributed by atoms with Crippen LogP contribution in [0.1, 0.15) is 17.0 Å². The Labute approximate surface area is 109 Å². The van der Waals surface area contributed by atoms with Gasteiger partial charge in [0.1, 0.15) is 0 Å². The summed E-state index contributed by atoms with van der Waals surface area (Å²) in [5.74, 6) is 0. The number of aromatic nitrogens is 3. The minimum absolute atomic E-state index is 0.801. The van der Waals surface area contributed by atoms with Crippen LogP contribution >= 0.6 is 15.9 Å². The molecule has 0 aliphatic carbocycles. The first-order valence-electron chi connectivity index (χ1n) is 5.46. The van der Waals surface area contributed by atoms with Crippen molar-refractivity contribution in [2.45, 2.75) is 19.8 Å². The van der Waals surface area contributed by atoms with Crippen molar-refractivity contribution >= 4 is 21.6 Å². The van der Waals surface area contributed by atoms with Crippen molar-refractivity contribution in [3.63, 3.8) is 0 Å². The third-order valence-electron chi connectivity index (χ3n) is 2.83. The molecule has 0 unspecified atom stereocenters. The molecule has 5 heteroatoms. The first-order chi connectivity index (χ1) is 8.09. The average molecular weight is 295 g/mol. The third kappa shape index (κ3) is 2.49. The van der Waals surface area contributed by atoms with E-state index in [0.717, 1.165) is 34.3 Å². The molecule has 0 aliphatic rings. The Kier molecular flexibility index (Phi) is 3.47. The molecule has 4 nitrogen and oxygen atoms in total. The first-order valence-corrected chi connectivity index (χ1v) is 6.25. The van der Waals surface area contributed by atoms with E-state index >= 15 is 0 Å².